The molecule has 2 N–H and O–H groups in total. The summed E-state index contributed by atoms with van der Waals surface area (Å²) in [6.07, 6.45) is 1.70. The zero-order valence-corrected chi connectivity index (χ0v) is 9.04. The van der Waals surface area contributed by atoms with Gasteiger partial charge in [0.2, 0.25) is 11.8 Å². The minimum absolute atomic E-state index is 0.109. The molecule has 1 rings (SSSR count). The van der Waals surface area contributed by atoms with Crippen molar-refractivity contribution in [1.82, 2.24) is 5.16 Å². The predicted molar refractivity (Wildman–Crippen MR) is 55.5 cm³/mol. The van der Waals surface area contributed by atoms with E-state index < -0.39 is 0 Å². The molecule has 15 heavy (non-hydrogen) atoms. The Morgan fingerprint density at radius 1 is 1.47 bits per heavy atom. The molecule has 0 aliphatic heterocycles. The third-order valence-corrected chi connectivity index (χ3v) is 2.22. The number of aromatic nitrogens is 1. The fourth-order valence-electron chi connectivity index (χ4n) is 1.12. The third kappa shape index (κ3) is 3.36. The lowest BCUT2D eigenvalue weighted by Gasteiger charge is -2.01. The normalized spacial score (nSPS) is 10.3. The van der Waals surface area contributed by atoms with E-state index in [1.54, 1.807) is 0 Å². The molecule has 0 aliphatic carbocycles. The number of carbonyl (C=O) groups excluding carboxylic acids is 1. The number of aliphatic hydroxyl groups is 1. The Balaban J connectivity index is 2.41. The van der Waals surface area contributed by atoms with Crippen molar-refractivity contribution in [3.8, 4) is 0 Å². The second kappa shape index (κ2) is 5.50. The van der Waals surface area contributed by atoms with Crippen LogP contribution in [0, 0.1) is 13.8 Å². The highest BCUT2D eigenvalue weighted by Crippen LogP contribution is 2.17. The van der Waals surface area contributed by atoms with Gasteiger partial charge in [0.05, 0.1) is 5.69 Å². The second-order valence-corrected chi connectivity index (χ2v) is 3.45. The van der Waals surface area contributed by atoms with Gasteiger partial charge < -0.3 is 9.63 Å². The van der Waals surface area contributed by atoms with E-state index in [2.05, 4.69) is 10.5 Å². The molecule has 1 aromatic rings. The van der Waals surface area contributed by atoms with Crippen LogP contribution in [0.3, 0.4) is 0 Å². The Hall–Kier alpha value is -1.36. The molecule has 0 aliphatic rings. The van der Waals surface area contributed by atoms with Gasteiger partial charge in [-0.2, -0.15) is 0 Å². The zero-order chi connectivity index (χ0) is 11.3. The average Bonchev–Trinajstić information content (AvgIpc) is 2.50. The van der Waals surface area contributed by atoms with Crippen LogP contribution in [0.5, 0.6) is 0 Å². The fourth-order valence-corrected chi connectivity index (χ4v) is 1.12. The molecule has 1 amide bonds. The summed E-state index contributed by atoms with van der Waals surface area (Å²) in [5.74, 6) is 0.309. The minimum atomic E-state index is -0.109. The standard InChI is InChI=1S/C10H16N2O3/c1-7-8(2)12-15-10(7)11-9(14)5-3-4-6-13/h13H,3-6H2,1-2H3,(H,11,14). The van der Waals surface area contributed by atoms with Crippen molar-refractivity contribution in [2.45, 2.75) is 33.1 Å². The molecule has 0 radical (unpaired) electrons. The van der Waals surface area contributed by atoms with Crippen molar-refractivity contribution < 1.29 is 14.4 Å². The van der Waals surface area contributed by atoms with E-state index in [0.717, 1.165) is 11.3 Å². The van der Waals surface area contributed by atoms with Gasteiger partial charge >= 0.3 is 0 Å². The molecule has 0 spiro atoms. The molecule has 5 nitrogen and oxygen atoms in total. The summed E-state index contributed by atoms with van der Waals surface area (Å²) in [6.45, 7) is 3.78. The van der Waals surface area contributed by atoms with Gasteiger partial charge in [-0.05, 0) is 26.7 Å². The number of hydrogen-bond donors (Lipinski definition) is 2. The molecule has 1 heterocycles. The van der Waals surface area contributed by atoms with Crippen LogP contribution >= 0.6 is 0 Å². The SMILES string of the molecule is Cc1noc(NC(=O)CCCCO)c1C. The van der Waals surface area contributed by atoms with Gasteiger partial charge in [0.15, 0.2) is 0 Å². The van der Waals surface area contributed by atoms with Crippen molar-refractivity contribution in [2.75, 3.05) is 11.9 Å². The molecule has 84 valence electrons. The first kappa shape index (κ1) is 11.7. The topological polar surface area (TPSA) is 75.4 Å². The Bertz CT molecular complexity index is 333. The Kier molecular flexibility index (Phi) is 4.30. The molecular weight excluding hydrogens is 196 g/mol. The predicted octanol–water partition coefficient (Wildman–Crippen LogP) is 1.39. The molecule has 0 bridgehead atoms. The monoisotopic (exact) mass is 212 g/mol. The summed E-state index contributed by atoms with van der Waals surface area (Å²) in [5, 5.41) is 14.9. The fraction of sp³-hybridized carbons (Fsp3) is 0.600. The quantitative estimate of drug-likeness (QED) is 0.723. The van der Waals surface area contributed by atoms with Crippen LogP contribution in [0.15, 0.2) is 4.52 Å². The maximum absolute atomic E-state index is 11.4. The highest BCUT2D eigenvalue weighted by atomic mass is 16.5. The van der Waals surface area contributed by atoms with Crippen LogP contribution in [0.25, 0.3) is 0 Å². The number of unbranched alkanes of at least 4 members (excludes halogenated alkanes) is 1. The van der Waals surface area contributed by atoms with Gasteiger partial charge in [-0.3, -0.25) is 10.1 Å². The van der Waals surface area contributed by atoms with Gasteiger partial charge in [-0.15, -0.1) is 0 Å². The maximum atomic E-state index is 11.4. The number of anilines is 1. The van der Waals surface area contributed by atoms with Gasteiger partial charge in [0.1, 0.15) is 0 Å². The number of rotatable bonds is 5. The van der Waals surface area contributed by atoms with E-state index in [0.29, 0.717) is 25.1 Å². The van der Waals surface area contributed by atoms with Crippen LogP contribution in [0.2, 0.25) is 0 Å². The smallest absolute Gasteiger partial charge is 0.234 e. The minimum Gasteiger partial charge on any atom is -0.396 e. The first-order valence-electron chi connectivity index (χ1n) is 4.98. The van der Waals surface area contributed by atoms with E-state index in [-0.39, 0.29) is 12.5 Å². The molecule has 0 saturated carbocycles. The summed E-state index contributed by atoms with van der Waals surface area (Å²) < 4.78 is 4.94. The Morgan fingerprint density at radius 3 is 2.73 bits per heavy atom. The first-order valence-corrected chi connectivity index (χ1v) is 4.98. The van der Waals surface area contributed by atoms with Gasteiger partial charge in [-0.25, -0.2) is 0 Å². The number of amides is 1. The van der Waals surface area contributed by atoms with Crippen LogP contribution in [-0.4, -0.2) is 22.8 Å². The lowest BCUT2D eigenvalue weighted by Crippen LogP contribution is -2.11. The average molecular weight is 212 g/mol. The van der Waals surface area contributed by atoms with E-state index >= 15 is 0 Å². The molecule has 0 atom stereocenters. The number of nitrogens with zero attached hydrogens (tertiary/aromatic N) is 1. The highest BCUT2D eigenvalue weighted by molar-refractivity contribution is 5.89. The number of aliphatic hydroxyl groups excluding tert-OH is 1. The Labute approximate surface area is 88.5 Å². The number of hydrogen-bond acceptors (Lipinski definition) is 4. The van der Waals surface area contributed by atoms with Crippen LogP contribution in [0.4, 0.5) is 5.88 Å². The van der Waals surface area contributed by atoms with Crippen LogP contribution in [0.1, 0.15) is 30.5 Å². The Morgan fingerprint density at radius 2 is 2.20 bits per heavy atom. The molecule has 0 unspecified atom stereocenters. The van der Waals surface area contributed by atoms with Crippen molar-refractivity contribution in [2.24, 2.45) is 0 Å². The molecule has 0 fully saturated rings. The van der Waals surface area contributed by atoms with Gasteiger partial charge in [-0.1, -0.05) is 5.16 Å². The third-order valence-electron chi connectivity index (χ3n) is 2.22. The molecule has 0 aromatic carbocycles. The lowest BCUT2D eigenvalue weighted by molar-refractivity contribution is -0.116. The van der Waals surface area contributed by atoms with Crippen molar-refractivity contribution >= 4 is 11.8 Å². The molecule has 5 heteroatoms. The van der Waals surface area contributed by atoms with Crippen molar-refractivity contribution in [3.05, 3.63) is 11.3 Å². The van der Waals surface area contributed by atoms with E-state index in [9.17, 15) is 4.79 Å². The van der Waals surface area contributed by atoms with Crippen LogP contribution < -0.4 is 5.32 Å². The maximum Gasteiger partial charge on any atom is 0.234 e. The van der Waals surface area contributed by atoms with Gasteiger partial charge in [0.25, 0.3) is 0 Å². The number of nitrogens with one attached hydrogen (secondary N) is 1. The first-order chi connectivity index (χ1) is 7.15. The van der Waals surface area contributed by atoms with E-state index in [1.807, 2.05) is 13.8 Å². The highest BCUT2D eigenvalue weighted by Gasteiger charge is 2.10. The van der Waals surface area contributed by atoms with Crippen molar-refractivity contribution in [3.63, 3.8) is 0 Å². The molecular formula is C10H16N2O3. The second-order valence-electron chi connectivity index (χ2n) is 3.45. The molecule has 0 saturated heterocycles. The summed E-state index contributed by atoms with van der Waals surface area (Å²) in [4.78, 5) is 11.4. The zero-order valence-electron chi connectivity index (χ0n) is 9.04. The largest absolute Gasteiger partial charge is 0.396 e. The van der Waals surface area contributed by atoms with Gasteiger partial charge in [0, 0.05) is 18.6 Å². The van der Waals surface area contributed by atoms with E-state index in [4.69, 9.17) is 9.63 Å². The summed E-state index contributed by atoms with van der Waals surface area (Å²) in [7, 11) is 0. The summed E-state index contributed by atoms with van der Waals surface area (Å²) >= 11 is 0. The summed E-state index contributed by atoms with van der Waals surface area (Å²) in [6, 6.07) is 0. The number of carbonyl (C=O) groups is 1. The van der Waals surface area contributed by atoms with Crippen molar-refractivity contribution in [1.29, 1.82) is 0 Å². The van der Waals surface area contributed by atoms with Crippen LogP contribution in [-0.2, 0) is 4.79 Å². The molecule has 1 aromatic heterocycles. The lowest BCUT2D eigenvalue weighted by atomic mass is 10.2. The van der Waals surface area contributed by atoms with E-state index in [1.165, 1.54) is 0 Å². The number of aryl methyl sites for hydroxylation is 1. The summed E-state index contributed by atoms with van der Waals surface area (Å²) in [5.41, 5.74) is 1.63.